The summed E-state index contributed by atoms with van der Waals surface area (Å²) in [5, 5.41) is 20.8. The van der Waals surface area contributed by atoms with E-state index in [1.54, 1.807) is 18.2 Å². The average Bonchev–Trinajstić information content (AvgIpc) is 3.00. The lowest BCUT2D eigenvalue weighted by molar-refractivity contribution is 1.44. The molecule has 0 aliphatic rings. The molecule has 4 rings (SSSR count). The van der Waals surface area contributed by atoms with Crippen LogP contribution in [-0.2, 0) is 0 Å². The zero-order valence-electron chi connectivity index (χ0n) is 12.2. The van der Waals surface area contributed by atoms with Crippen LogP contribution in [0, 0.1) is 22.7 Å². The molecule has 0 saturated heterocycles. The fourth-order valence-corrected chi connectivity index (χ4v) is 3.03. The van der Waals surface area contributed by atoms with Crippen LogP contribution in [0.2, 0.25) is 0 Å². The van der Waals surface area contributed by atoms with Crippen LogP contribution in [-0.4, -0.2) is 4.98 Å². The van der Waals surface area contributed by atoms with Crippen LogP contribution in [0.4, 0.5) is 0 Å². The zero-order valence-corrected chi connectivity index (χ0v) is 12.2. The summed E-state index contributed by atoms with van der Waals surface area (Å²) in [7, 11) is 0. The van der Waals surface area contributed by atoms with E-state index < -0.39 is 0 Å². The fraction of sp³-hybridized carbons (Fsp3) is 0. The molecule has 0 amide bonds. The van der Waals surface area contributed by atoms with Crippen molar-refractivity contribution in [1.29, 1.82) is 10.5 Å². The lowest BCUT2D eigenvalue weighted by atomic mass is 9.96. The third kappa shape index (κ3) is 1.96. The van der Waals surface area contributed by atoms with E-state index in [4.69, 9.17) is 5.26 Å². The van der Waals surface area contributed by atoms with Gasteiger partial charge in [-0.3, -0.25) is 0 Å². The molecule has 0 radical (unpaired) electrons. The van der Waals surface area contributed by atoms with Gasteiger partial charge in [-0.15, -0.1) is 0 Å². The van der Waals surface area contributed by atoms with Crippen LogP contribution in [0.3, 0.4) is 0 Å². The number of nitriles is 2. The van der Waals surface area contributed by atoms with Gasteiger partial charge in [0.1, 0.15) is 0 Å². The van der Waals surface area contributed by atoms with Crippen molar-refractivity contribution < 1.29 is 0 Å². The van der Waals surface area contributed by atoms with Gasteiger partial charge in [0, 0.05) is 27.4 Å². The van der Waals surface area contributed by atoms with Gasteiger partial charge in [-0.2, -0.15) is 10.5 Å². The lowest BCUT2D eigenvalue weighted by Gasteiger charge is -2.06. The molecule has 23 heavy (non-hydrogen) atoms. The fourth-order valence-electron chi connectivity index (χ4n) is 3.03. The summed E-state index contributed by atoms with van der Waals surface area (Å²) in [6, 6.07) is 23.7. The van der Waals surface area contributed by atoms with E-state index in [1.807, 2.05) is 30.3 Å². The second kappa shape index (κ2) is 5.02. The number of nitrogens with one attached hydrogen (secondary N) is 1. The first kappa shape index (κ1) is 13.1. The topological polar surface area (TPSA) is 63.4 Å². The van der Waals surface area contributed by atoms with Gasteiger partial charge in [0.2, 0.25) is 0 Å². The summed E-state index contributed by atoms with van der Waals surface area (Å²) in [6.07, 6.45) is 0. The zero-order chi connectivity index (χ0) is 15.8. The van der Waals surface area contributed by atoms with Crippen molar-refractivity contribution in [2.24, 2.45) is 0 Å². The number of rotatable bonds is 1. The van der Waals surface area contributed by atoms with Crippen LogP contribution in [0.1, 0.15) is 11.1 Å². The minimum atomic E-state index is 0.548. The van der Waals surface area contributed by atoms with E-state index in [-0.39, 0.29) is 0 Å². The minimum Gasteiger partial charge on any atom is -0.354 e. The highest BCUT2D eigenvalue weighted by Gasteiger charge is 2.12. The van der Waals surface area contributed by atoms with Crippen molar-refractivity contribution in [2.45, 2.75) is 0 Å². The quantitative estimate of drug-likeness (QED) is 0.551. The maximum atomic E-state index is 9.41. The van der Waals surface area contributed by atoms with Gasteiger partial charge < -0.3 is 4.98 Å². The summed E-state index contributed by atoms with van der Waals surface area (Å²) in [6.45, 7) is 0. The van der Waals surface area contributed by atoms with Crippen molar-refractivity contribution in [3.63, 3.8) is 0 Å². The number of H-pyrrole nitrogens is 1. The predicted molar refractivity (Wildman–Crippen MR) is 90.7 cm³/mol. The molecule has 0 aliphatic heterocycles. The summed E-state index contributed by atoms with van der Waals surface area (Å²) in [5.74, 6) is 0. The van der Waals surface area contributed by atoms with E-state index in [2.05, 4.69) is 29.3 Å². The Kier molecular flexibility index (Phi) is 2.86. The first-order chi connectivity index (χ1) is 11.3. The summed E-state index contributed by atoms with van der Waals surface area (Å²) >= 11 is 0. The number of hydrogen-bond donors (Lipinski definition) is 1. The number of para-hydroxylation sites is 2. The largest absolute Gasteiger partial charge is 0.354 e. The minimum absolute atomic E-state index is 0.548. The molecular formula is C20H11N3. The predicted octanol–water partition coefficient (Wildman–Crippen LogP) is 4.73. The van der Waals surface area contributed by atoms with Crippen molar-refractivity contribution in [2.75, 3.05) is 0 Å². The molecule has 3 nitrogen and oxygen atoms in total. The molecule has 106 valence electrons. The van der Waals surface area contributed by atoms with E-state index >= 15 is 0 Å². The SMILES string of the molecule is N#Cc1ccc(C#N)c(-c2cccc3c2[nH]c2ccccc23)c1. The molecule has 3 heteroatoms. The second-order valence-electron chi connectivity index (χ2n) is 5.38. The van der Waals surface area contributed by atoms with Crippen LogP contribution in [0.25, 0.3) is 32.9 Å². The van der Waals surface area contributed by atoms with Crippen LogP contribution in [0.15, 0.2) is 60.7 Å². The van der Waals surface area contributed by atoms with Crippen LogP contribution < -0.4 is 0 Å². The molecule has 0 atom stereocenters. The van der Waals surface area contributed by atoms with E-state index in [0.29, 0.717) is 11.1 Å². The Morgan fingerprint density at radius 3 is 2.39 bits per heavy atom. The highest BCUT2D eigenvalue weighted by atomic mass is 14.7. The smallest absolute Gasteiger partial charge is 0.0998 e. The Morgan fingerprint density at radius 1 is 0.739 bits per heavy atom. The molecule has 0 saturated carbocycles. The Morgan fingerprint density at radius 2 is 1.57 bits per heavy atom. The van der Waals surface area contributed by atoms with E-state index in [9.17, 15) is 5.26 Å². The Bertz CT molecular complexity index is 1140. The molecular weight excluding hydrogens is 282 g/mol. The van der Waals surface area contributed by atoms with Crippen molar-refractivity contribution in [3.8, 4) is 23.3 Å². The molecule has 0 unspecified atom stereocenters. The summed E-state index contributed by atoms with van der Waals surface area (Å²) in [5.41, 5.74) is 4.88. The van der Waals surface area contributed by atoms with Gasteiger partial charge in [-0.25, -0.2) is 0 Å². The van der Waals surface area contributed by atoms with E-state index in [0.717, 1.165) is 32.9 Å². The molecule has 0 bridgehead atoms. The first-order valence-electron chi connectivity index (χ1n) is 7.26. The maximum absolute atomic E-state index is 9.41. The number of aromatic nitrogens is 1. The third-order valence-electron chi connectivity index (χ3n) is 4.10. The Hall–Kier alpha value is -3.56. The highest BCUT2D eigenvalue weighted by molar-refractivity contribution is 6.12. The van der Waals surface area contributed by atoms with Crippen molar-refractivity contribution >= 4 is 21.8 Å². The summed E-state index contributed by atoms with van der Waals surface area (Å²) in [4.78, 5) is 3.44. The van der Waals surface area contributed by atoms with Crippen LogP contribution >= 0.6 is 0 Å². The molecule has 0 fully saturated rings. The second-order valence-corrected chi connectivity index (χ2v) is 5.38. The molecule has 4 aromatic rings. The number of benzene rings is 3. The monoisotopic (exact) mass is 293 g/mol. The standard InChI is InChI=1S/C20H11N3/c21-11-13-8-9-14(12-22)18(10-13)17-6-3-5-16-15-4-1-2-7-19(15)23-20(16)17/h1-10,23H. The van der Waals surface area contributed by atoms with Gasteiger partial charge in [0.25, 0.3) is 0 Å². The molecule has 0 spiro atoms. The van der Waals surface area contributed by atoms with Gasteiger partial charge in [-0.1, -0.05) is 36.4 Å². The van der Waals surface area contributed by atoms with Gasteiger partial charge in [0.05, 0.1) is 28.8 Å². The van der Waals surface area contributed by atoms with Gasteiger partial charge in [-0.05, 0) is 24.3 Å². The van der Waals surface area contributed by atoms with Crippen molar-refractivity contribution in [3.05, 3.63) is 71.8 Å². The maximum Gasteiger partial charge on any atom is 0.0998 e. The van der Waals surface area contributed by atoms with Crippen molar-refractivity contribution in [1.82, 2.24) is 4.98 Å². The molecule has 1 heterocycles. The van der Waals surface area contributed by atoms with Gasteiger partial charge >= 0.3 is 0 Å². The highest BCUT2D eigenvalue weighted by Crippen LogP contribution is 2.34. The number of fused-ring (bicyclic) bond motifs is 3. The summed E-state index contributed by atoms with van der Waals surface area (Å²) < 4.78 is 0. The molecule has 0 aliphatic carbocycles. The van der Waals surface area contributed by atoms with Gasteiger partial charge in [0.15, 0.2) is 0 Å². The lowest BCUT2D eigenvalue weighted by Crippen LogP contribution is -1.88. The number of hydrogen-bond acceptors (Lipinski definition) is 2. The van der Waals surface area contributed by atoms with Crippen LogP contribution in [0.5, 0.6) is 0 Å². The average molecular weight is 293 g/mol. The third-order valence-corrected chi connectivity index (χ3v) is 4.10. The molecule has 1 aromatic heterocycles. The normalized spacial score (nSPS) is 10.5. The Balaban J connectivity index is 2.11. The molecule has 1 N–H and O–H groups in total. The van der Waals surface area contributed by atoms with E-state index in [1.165, 1.54) is 0 Å². The Labute approximate surface area is 133 Å². The first-order valence-corrected chi connectivity index (χ1v) is 7.26. The molecule has 3 aromatic carbocycles. The number of aromatic amines is 1. The number of nitrogens with zero attached hydrogens (tertiary/aromatic N) is 2.